The van der Waals surface area contributed by atoms with E-state index >= 15 is 0 Å². The molecule has 0 saturated heterocycles. The number of hydrogen-bond acceptors (Lipinski definition) is 5. The SMILES string of the molecule is c1ccc(-c2nc(-c3ccccc3-c3cccnc3)cc(-c3ccc(-c4cccc5sc6ccccc6c45)c4oc5ccccc5c34)n2)cc1. The fourth-order valence-corrected chi connectivity index (χ4v) is 8.30. The summed E-state index contributed by atoms with van der Waals surface area (Å²) in [5.74, 6) is 0.665. The molecule has 0 spiro atoms. The van der Waals surface area contributed by atoms with E-state index in [4.69, 9.17) is 14.4 Å². The normalized spacial score (nSPS) is 11.6. The quantitative estimate of drug-likeness (QED) is 0.185. The molecule has 0 amide bonds. The molecule has 0 aliphatic rings. The predicted octanol–water partition coefficient (Wildman–Crippen LogP) is 12.5. The van der Waals surface area contributed by atoms with Gasteiger partial charge in [-0.3, -0.25) is 4.98 Å². The van der Waals surface area contributed by atoms with Gasteiger partial charge in [-0.25, -0.2) is 9.97 Å². The molecule has 4 nitrogen and oxygen atoms in total. The third kappa shape index (κ3) is 4.63. The van der Waals surface area contributed by atoms with Gasteiger partial charge in [-0.1, -0.05) is 115 Å². The van der Waals surface area contributed by atoms with Gasteiger partial charge < -0.3 is 4.42 Å². The Hall–Kier alpha value is -6.43. The summed E-state index contributed by atoms with van der Waals surface area (Å²) in [5.41, 5.74) is 10.7. The summed E-state index contributed by atoms with van der Waals surface area (Å²) >= 11 is 1.83. The molecule has 5 heteroatoms. The van der Waals surface area contributed by atoms with E-state index in [1.165, 1.54) is 20.2 Å². The summed E-state index contributed by atoms with van der Waals surface area (Å²) in [4.78, 5) is 14.9. The van der Waals surface area contributed by atoms with Crippen molar-refractivity contribution in [1.29, 1.82) is 0 Å². The van der Waals surface area contributed by atoms with Crippen molar-refractivity contribution in [2.24, 2.45) is 0 Å². The van der Waals surface area contributed by atoms with Crippen LogP contribution in [0.15, 0.2) is 168 Å². The Bertz CT molecular complexity index is 2870. The first-order valence-electron chi connectivity index (χ1n) is 16.6. The lowest BCUT2D eigenvalue weighted by Crippen LogP contribution is -1.97. The third-order valence-corrected chi connectivity index (χ3v) is 10.6. The smallest absolute Gasteiger partial charge is 0.160 e. The summed E-state index contributed by atoms with van der Waals surface area (Å²) in [6.07, 6.45) is 3.70. The summed E-state index contributed by atoms with van der Waals surface area (Å²) in [7, 11) is 0. The number of thiophene rings is 1. The van der Waals surface area contributed by atoms with Gasteiger partial charge in [0.15, 0.2) is 5.82 Å². The maximum Gasteiger partial charge on any atom is 0.160 e. The average Bonchev–Trinajstić information content (AvgIpc) is 3.77. The van der Waals surface area contributed by atoms with Crippen LogP contribution in [-0.4, -0.2) is 15.0 Å². The first-order chi connectivity index (χ1) is 24.8. The van der Waals surface area contributed by atoms with Gasteiger partial charge in [-0.15, -0.1) is 11.3 Å². The average molecular weight is 658 g/mol. The number of nitrogens with zero attached hydrogens (tertiary/aromatic N) is 3. The van der Waals surface area contributed by atoms with Crippen LogP contribution in [-0.2, 0) is 0 Å². The van der Waals surface area contributed by atoms with Crippen molar-refractivity contribution >= 4 is 53.4 Å². The van der Waals surface area contributed by atoms with Crippen LogP contribution in [0.4, 0.5) is 0 Å². The van der Waals surface area contributed by atoms with Gasteiger partial charge in [0.25, 0.3) is 0 Å². The molecule has 0 fully saturated rings. The van der Waals surface area contributed by atoms with Crippen molar-refractivity contribution in [1.82, 2.24) is 15.0 Å². The van der Waals surface area contributed by atoms with Crippen molar-refractivity contribution in [3.05, 3.63) is 164 Å². The fourth-order valence-electron chi connectivity index (χ4n) is 7.17. The zero-order valence-electron chi connectivity index (χ0n) is 26.7. The highest BCUT2D eigenvalue weighted by Gasteiger charge is 2.22. The van der Waals surface area contributed by atoms with Crippen LogP contribution in [0.25, 0.3) is 98.3 Å². The van der Waals surface area contributed by atoms with E-state index in [9.17, 15) is 0 Å². The number of aromatic nitrogens is 3. The Morgan fingerprint density at radius 2 is 1.14 bits per heavy atom. The minimum absolute atomic E-state index is 0.665. The van der Waals surface area contributed by atoms with Crippen molar-refractivity contribution < 1.29 is 4.42 Å². The molecule has 0 aliphatic carbocycles. The summed E-state index contributed by atoms with van der Waals surface area (Å²) in [5, 5.41) is 4.61. The first kappa shape index (κ1) is 28.6. The molecule has 0 aliphatic heterocycles. The van der Waals surface area contributed by atoms with E-state index in [1.807, 2.05) is 47.9 Å². The highest BCUT2D eigenvalue weighted by atomic mass is 32.1. The molecule has 0 bridgehead atoms. The third-order valence-electron chi connectivity index (χ3n) is 9.43. The van der Waals surface area contributed by atoms with Gasteiger partial charge in [0.05, 0.1) is 11.4 Å². The van der Waals surface area contributed by atoms with Crippen LogP contribution < -0.4 is 0 Å². The van der Waals surface area contributed by atoms with Gasteiger partial charge in [0.1, 0.15) is 11.2 Å². The Morgan fingerprint density at radius 3 is 2.00 bits per heavy atom. The maximum atomic E-state index is 6.80. The Balaban J connectivity index is 1.26. The Kier molecular flexibility index (Phi) is 6.64. The molecular formula is C45H27N3OS. The number of hydrogen-bond donors (Lipinski definition) is 0. The fraction of sp³-hybridized carbons (Fsp3) is 0. The molecule has 234 valence electrons. The van der Waals surface area contributed by atoms with Crippen LogP contribution >= 0.6 is 11.3 Å². The summed E-state index contributed by atoms with van der Waals surface area (Å²) in [6, 6.07) is 52.7. The zero-order valence-corrected chi connectivity index (χ0v) is 27.6. The van der Waals surface area contributed by atoms with E-state index in [1.54, 1.807) is 6.20 Å². The van der Waals surface area contributed by atoms with Gasteiger partial charge in [0.2, 0.25) is 0 Å². The van der Waals surface area contributed by atoms with Gasteiger partial charge in [-0.2, -0.15) is 0 Å². The van der Waals surface area contributed by atoms with Crippen LogP contribution in [0.3, 0.4) is 0 Å². The lowest BCUT2D eigenvalue weighted by atomic mass is 9.93. The number of para-hydroxylation sites is 1. The number of pyridine rings is 1. The molecule has 6 aromatic carbocycles. The molecule has 0 atom stereocenters. The second kappa shape index (κ2) is 11.6. The van der Waals surface area contributed by atoms with Crippen molar-refractivity contribution in [2.75, 3.05) is 0 Å². The van der Waals surface area contributed by atoms with Crippen LogP contribution in [0.5, 0.6) is 0 Å². The van der Waals surface area contributed by atoms with Crippen molar-refractivity contribution in [2.45, 2.75) is 0 Å². The Morgan fingerprint density at radius 1 is 0.460 bits per heavy atom. The lowest BCUT2D eigenvalue weighted by Gasteiger charge is -2.14. The molecule has 0 radical (unpaired) electrons. The molecule has 4 aromatic heterocycles. The molecule has 0 N–H and O–H groups in total. The molecular weight excluding hydrogens is 631 g/mol. The topological polar surface area (TPSA) is 51.8 Å². The van der Waals surface area contributed by atoms with Gasteiger partial charge in [0, 0.05) is 71.2 Å². The molecule has 0 saturated carbocycles. The Labute approximate surface area is 292 Å². The molecule has 0 unspecified atom stereocenters. The first-order valence-corrected chi connectivity index (χ1v) is 17.4. The molecule has 4 heterocycles. The predicted molar refractivity (Wildman–Crippen MR) is 207 cm³/mol. The minimum atomic E-state index is 0.665. The number of fused-ring (bicyclic) bond motifs is 6. The number of furan rings is 1. The zero-order chi connectivity index (χ0) is 33.0. The minimum Gasteiger partial charge on any atom is -0.455 e. The standard InChI is InChI=1S/C45H27N3OS/c1-2-12-28(13-3-1)45-47-37(31-16-5-4-15-30(31)29-14-11-25-46-27-29)26-38(48-45)34-24-23-33(44-43(34)35-17-6-8-20-39(35)49-44)32-19-10-22-41-42(32)36-18-7-9-21-40(36)50-41/h1-27H. The van der Waals surface area contributed by atoms with Crippen LogP contribution in [0, 0.1) is 0 Å². The van der Waals surface area contributed by atoms with Crippen molar-refractivity contribution in [3.8, 4) is 56.2 Å². The molecule has 10 rings (SSSR count). The van der Waals surface area contributed by atoms with Gasteiger partial charge in [-0.05, 0) is 47.5 Å². The van der Waals surface area contributed by atoms with Crippen LogP contribution in [0.2, 0.25) is 0 Å². The summed E-state index contributed by atoms with van der Waals surface area (Å²) < 4.78 is 9.34. The van der Waals surface area contributed by atoms with Gasteiger partial charge >= 0.3 is 0 Å². The molecule has 50 heavy (non-hydrogen) atoms. The lowest BCUT2D eigenvalue weighted by molar-refractivity contribution is 0.670. The number of rotatable bonds is 5. The highest BCUT2D eigenvalue weighted by Crippen LogP contribution is 2.46. The second-order valence-corrected chi connectivity index (χ2v) is 13.4. The van der Waals surface area contributed by atoms with E-state index in [0.29, 0.717) is 5.82 Å². The highest BCUT2D eigenvalue weighted by molar-refractivity contribution is 7.25. The maximum absolute atomic E-state index is 6.80. The van der Waals surface area contributed by atoms with E-state index in [-0.39, 0.29) is 0 Å². The summed E-state index contributed by atoms with van der Waals surface area (Å²) in [6.45, 7) is 0. The van der Waals surface area contributed by atoms with E-state index < -0.39 is 0 Å². The van der Waals surface area contributed by atoms with Crippen molar-refractivity contribution in [3.63, 3.8) is 0 Å². The second-order valence-electron chi connectivity index (χ2n) is 12.4. The van der Waals surface area contributed by atoms with E-state index in [0.717, 1.165) is 72.3 Å². The molecule has 10 aromatic rings. The van der Waals surface area contributed by atoms with Crippen LogP contribution in [0.1, 0.15) is 0 Å². The number of benzene rings is 6. The van der Waals surface area contributed by atoms with E-state index in [2.05, 4.69) is 126 Å². The monoisotopic (exact) mass is 657 g/mol. The largest absolute Gasteiger partial charge is 0.455 e.